The van der Waals surface area contributed by atoms with Crippen LogP contribution in [0.3, 0.4) is 0 Å². The van der Waals surface area contributed by atoms with Crippen molar-refractivity contribution in [2.75, 3.05) is 7.11 Å². The van der Waals surface area contributed by atoms with E-state index in [1.54, 1.807) is 18.2 Å². The summed E-state index contributed by atoms with van der Waals surface area (Å²) in [5.74, 6) is -0.817. The zero-order chi connectivity index (χ0) is 22.7. The van der Waals surface area contributed by atoms with E-state index in [1.807, 2.05) is 12.1 Å². The summed E-state index contributed by atoms with van der Waals surface area (Å²) in [6, 6.07) is 8.76. The number of methoxy groups -OCH3 is 1. The van der Waals surface area contributed by atoms with E-state index in [1.165, 1.54) is 26.2 Å². The van der Waals surface area contributed by atoms with Gasteiger partial charge in [-0.2, -0.15) is 0 Å². The Morgan fingerprint density at radius 3 is 2.39 bits per heavy atom. The van der Waals surface area contributed by atoms with E-state index in [9.17, 15) is 18.8 Å². The number of rotatable bonds is 6. The van der Waals surface area contributed by atoms with E-state index in [2.05, 4.69) is 49.9 Å². The van der Waals surface area contributed by atoms with Crippen LogP contribution in [-0.2, 0) is 20.9 Å². The second-order valence-electron chi connectivity index (χ2n) is 6.48. The topological polar surface area (TPSA) is 72.9 Å². The smallest absolute Gasteiger partial charge is 0.328 e. The van der Waals surface area contributed by atoms with Crippen LogP contribution in [0.5, 0.6) is 5.75 Å². The first-order valence-corrected chi connectivity index (χ1v) is 11.9. The van der Waals surface area contributed by atoms with Gasteiger partial charge in [0.1, 0.15) is 24.2 Å². The van der Waals surface area contributed by atoms with Gasteiger partial charge in [0.2, 0.25) is 0 Å². The number of hydrogen-bond donors (Lipinski definition) is 0. The molecule has 1 aliphatic heterocycles. The van der Waals surface area contributed by atoms with Crippen LogP contribution in [0.25, 0.3) is 6.08 Å². The summed E-state index contributed by atoms with van der Waals surface area (Å²) in [5.41, 5.74) is 1.56. The SMILES string of the molecule is COC(=O)[C@@H](C)N1C(=O)S/C(=C/c2cc(I)c(OCc3ccc(F)cc3)c(I)c2)C1=O. The van der Waals surface area contributed by atoms with Crippen molar-refractivity contribution < 1.29 is 28.2 Å². The Labute approximate surface area is 209 Å². The highest BCUT2D eigenvalue weighted by Gasteiger charge is 2.41. The van der Waals surface area contributed by atoms with Gasteiger partial charge >= 0.3 is 5.97 Å². The average Bonchev–Trinajstić information content (AvgIpc) is 3.00. The lowest BCUT2D eigenvalue weighted by Crippen LogP contribution is -2.42. The second-order valence-corrected chi connectivity index (χ2v) is 9.80. The molecule has 0 saturated carbocycles. The molecule has 0 bridgehead atoms. The van der Waals surface area contributed by atoms with Crippen molar-refractivity contribution >= 4 is 80.1 Å². The number of carbonyl (C=O) groups excluding carboxylic acids is 3. The summed E-state index contributed by atoms with van der Waals surface area (Å²) in [6.07, 6.45) is 1.61. The van der Waals surface area contributed by atoms with Gasteiger partial charge in [-0.1, -0.05) is 12.1 Å². The van der Waals surface area contributed by atoms with Crippen molar-refractivity contribution in [1.82, 2.24) is 4.90 Å². The van der Waals surface area contributed by atoms with E-state index >= 15 is 0 Å². The first-order chi connectivity index (χ1) is 14.7. The van der Waals surface area contributed by atoms with Crippen molar-refractivity contribution in [3.8, 4) is 5.75 Å². The first-order valence-electron chi connectivity index (χ1n) is 8.92. The van der Waals surface area contributed by atoms with Crippen LogP contribution < -0.4 is 4.74 Å². The molecule has 2 amide bonds. The lowest BCUT2D eigenvalue weighted by atomic mass is 10.2. The number of esters is 1. The molecule has 2 aromatic rings. The number of ether oxygens (including phenoxy) is 2. The molecule has 1 saturated heterocycles. The lowest BCUT2D eigenvalue weighted by Gasteiger charge is -2.18. The van der Waals surface area contributed by atoms with Gasteiger partial charge < -0.3 is 9.47 Å². The Bertz CT molecular complexity index is 1050. The molecule has 1 fully saturated rings. The van der Waals surface area contributed by atoms with Crippen LogP contribution in [0.15, 0.2) is 41.3 Å². The largest absolute Gasteiger partial charge is 0.487 e. The normalized spacial score (nSPS) is 16.0. The molecule has 3 rings (SSSR count). The van der Waals surface area contributed by atoms with Crippen molar-refractivity contribution in [3.05, 3.63) is 65.4 Å². The minimum atomic E-state index is -0.995. The Balaban J connectivity index is 1.78. The van der Waals surface area contributed by atoms with E-state index in [4.69, 9.17) is 4.74 Å². The van der Waals surface area contributed by atoms with Crippen molar-refractivity contribution in [2.24, 2.45) is 0 Å². The zero-order valence-corrected chi connectivity index (χ0v) is 21.5. The molecular weight excluding hydrogens is 651 g/mol. The van der Waals surface area contributed by atoms with Crippen LogP contribution in [-0.4, -0.2) is 35.2 Å². The predicted octanol–water partition coefficient (Wildman–Crippen LogP) is 5.21. The van der Waals surface area contributed by atoms with E-state index in [0.717, 1.165) is 34.9 Å². The maximum Gasteiger partial charge on any atom is 0.328 e. The van der Waals surface area contributed by atoms with E-state index < -0.39 is 23.2 Å². The van der Waals surface area contributed by atoms with Crippen LogP contribution in [0, 0.1) is 13.0 Å². The Hall–Kier alpha value is -1.67. The number of amides is 2. The van der Waals surface area contributed by atoms with Crippen molar-refractivity contribution in [1.29, 1.82) is 0 Å². The number of halogens is 3. The minimum absolute atomic E-state index is 0.229. The van der Waals surface area contributed by atoms with E-state index in [0.29, 0.717) is 5.75 Å². The third-order valence-electron chi connectivity index (χ3n) is 4.37. The van der Waals surface area contributed by atoms with Gasteiger partial charge in [-0.3, -0.25) is 14.5 Å². The molecule has 1 heterocycles. The summed E-state index contributed by atoms with van der Waals surface area (Å²) in [4.78, 5) is 37.8. The molecule has 10 heteroatoms. The van der Waals surface area contributed by atoms with E-state index in [-0.39, 0.29) is 17.3 Å². The predicted molar refractivity (Wildman–Crippen MR) is 132 cm³/mol. The van der Waals surface area contributed by atoms with Gasteiger partial charge in [-0.25, -0.2) is 9.18 Å². The molecule has 1 atom stereocenters. The molecule has 0 spiro atoms. The lowest BCUT2D eigenvalue weighted by molar-refractivity contribution is -0.148. The molecule has 1 aliphatic rings. The molecule has 0 N–H and O–H groups in total. The van der Waals surface area contributed by atoms with Crippen LogP contribution >= 0.6 is 56.9 Å². The van der Waals surface area contributed by atoms with Crippen LogP contribution in [0.2, 0.25) is 0 Å². The summed E-state index contributed by atoms with van der Waals surface area (Å²) in [5, 5.41) is -0.516. The molecular formula is C21H16FI2NO5S. The maximum atomic E-state index is 13.0. The fraction of sp³-hybridized carbons (Fsp3) is 0.190. The van der Waals surface area contributed by atoms with Crippen molar-refractivity contribution in [3.63, 3.8) is 0 Å². The first kappa shape index (κ1) is 24.0. The molecule has 0 aromatic heterocycles. The molecule has 162 valence electrons. The molecule has 6 nitrogen and oxygen atoms in total. The number of carbonyl (C=O) groups is 3. The molecule has 0 radical (unpaired) electrons. The fourth-order valence-corrected chi connectivity index (χ4v) is 5.81. The quantitative estimate of drug-likeness (QED) is 0.240. The molecule has 31 heavy (non-hydrogen) atoms. The maximum absolute atomic E-state index is 13.0. The molecule has 0 aliphatic carbocycles. The molecule has 0 unspecified atom stereocenters. The number of benzene rings is 2. The third kappa shape index (κ3) is 5.58. The Kier molecular flexibility index (Phi) is 7.97. The number of nitrogens with zero attached hydrogens (tertiary/aromatic N) is 1. The number of thioether (sulfide) groups is 1. The Morgan fingerprint density at radius 2 is 1.81 bits per heavy atom. The highest BCUT2D eigenvalue weighted by Crippen LogP contribution is 2.36. The third-order valence-corrected chi connectivity index (χ3v) is 6.85. The monoisotopic (exact) mass is 667 g/mol. The number of imide groups is 1. The van der Waals surface area contributed by atoms with Gasteiger partial charge in [0.15, 0.2) is 0 Å². The second kappa shape index (κ2) is 10.3. The zero-order valence-electron chi connectivity index (χ0n) is 16.4. The van der Waals surface area contributed by atoms with Gasteiger partial charge in [0, 0.05) is 0 Å². The highest BCUT2D eigenvalue weighted by molar-refractivity contribution is 14.1. The fourth-order valence-electron chi connectivity index (χ4n) is 2.78. The highest BCUT2D eigenvalue weighted by atomic mass is 127. The average molecular weight is 667 g/mol. The molecule has 2 aromatic carbocycles. The summed E-state index contributed by atoms with van der Waals surface area (Å²) >= 11 is 5.05. The summed E-state index contributed by atoms with van der Waals surface area (Å²) < 4.78 is 25.2. The van der Waals surface area contributed by atoms with Crippen molar-refractivity contribution in [2.45, 2.75) is 19.6 Å². The van der Waals surface area contributed by atoms with Gasteiger partial charge in [-0.15, -0.1) is 0 Å². The van der Waals surface area contributed by atoms with Gasteiger partial charge in [-0.05, 0) is 105 Å². The Morgan fingerprint density at radius 1 is 1.19 bits per heavy atom. The number of hydrogen-bond acceptors (Lipinski definition) is 6. The van der Waals surface area contributed by atoms with Crippen LogP contribution in [0.1, 0.15) is 18.1 Å². The van der Waals surface area contributed by atoms with Gasteiger partial charge in [0.05, 0.1) is 19.2 Å². The standard InChI is InChI=1S/C21H16FI2NO5S/c1-11(20(27)29-2)25-19(26)17(31-21(25)28)9-13-7-15(23)18(16(24)8-13)30-10-12-3-5-14(22)6-4-12/h3-9,11H,10H2,1-2H3/b17-9+/t11-/m1/s1. The van der Waals surface area contributed by atoms with Gasteiger partial charge in [0.25, 0.3) is 11.1 Å². The van der Waals surface area contributed by atoms with Crippen LogP contribution in [0.4, 0.5) is 9.18 Å². The summed E-state index contributed by atoms with van der Waals surface area (Å²) in [7, 11) is 1.21. The summed E-state index contributed by atoms with van der Waals surface area (Å²) in [6.45, 7) is 1.74. The minimum Gasteiger partial charge on any atom is -0.487 e.